The van der Waals surface area contributed by atoms with E-state index in [4.69, 9.17) is 33.0 Å². The van der Waals surface area contributed by atoms with Gasteiger partial charge in [-0.2, -0.15) is 0 Å². The summed E-state index contributed by atoms with van der Waals surface area (Å²) in [5.41, 5.74) is 2.08. The van der Waals surface area contributed by atoms with E-state index >= 15 is 0 Å². The van der Waals surface area contributed by atoms with Gasteiger partial charge < -0.3 is 14.7 Å². The van der Waals surface area contributed by atoms with Crippen molar-refractivity contribution in [2.45, 2.75) is 11.3 Å². The number of anilines is 1. The van der Waals surface area contributed by atoms with Crippen LogP contribution in [0.2, 0.25) is 10.0 Å². The second-order valence-corrected chi connectivity index (χ2v) is 9.55. The molecule has 2 unspecified atom stereocenters. The van der Waals surface area contributed by atoms with E-state index < -0.39 is 17.8 Å². The highest BCUT2D eigenvalue weighted by Gasteiger charge is 2.49. The standard InChI is InChI=1S/C25H19Cl2NO5S/c26-17-5-1-15(2-6-17)21(29)14-34-24-23(16-3-11-20(12-4-16)33-13-22(30)31)28(25(24)32)19-9-7-18(27)8-10-19/h1-12,23-24H,13-14H2,(H,30,31). The van der Waals surface area contributed by atoms with Gasteiger partial charge in [-0.1, -0.05) is 35.3 Å². The topological polar surface area (TPSA) is 83.9 Å². The maximum absolute atomic E-state index is 13.1. The molecule has 3 aromatic rings. The molecule has 1 amide bonds. The van der Waals surface area contributed by atoms with Crippen molar-refractivity contribution in [2.75, 3.05) is 17.3 Å². The van der Waals surface area contributed by atoms with Crippen LogP contribution in [0.25, 0.3) is 0 Å². The third kappa shape index (κ3) is 5.38. The zero-order valence-electron chi connectivity index (χ0n) is 17.7. The summed E-state index contributed by atoms with van der Waals surface area (Å²) in [4.78, 5) is 38.2. The van der Waals surface area contributed by atoms with Crippen LogP contribution < -0.4 is 9.64 Å². The first kappa shape index (κ1) is 24.1. The van der Waals surface area contributed by atoms with Gasteiger partial charge >= 0.3 is 5.97 Å². The zero-order chi connectivity index (χ0) is 24.2. The molecule has 34 heavy (non-hydrogen) atoms. The van der Waals surface area contributed by atoms with Crippen LogP contribution in [0.3, 0.4) is 0 Å². The third-order valence-electron chi connectivity index (χ3n) is 5.29. The van der Waals surface area contributed by atoms with Gasteiger partial charge in [0.15, 0.2) is 12.4 Å². The van der Waals surface area contributed by atoms with Gasteiger partial charge in [-0.25, -0.2) is 4.79 Å². The Morgan fingerprint density at radius 2 is 1.50 bits per heavy atom. The summed E-state index contributed by atoms with van der Waals surface area (Å²) in [5, 5.41) is 9.44. The van der Waals surface area contributed by atoms with Crippen molar-refractivity contribution in [3.05, 3.63) is 94.0 Å². The highest BCUT2D eigenvalue weighted by atomic mass is 35.5. The Kier molecular flexibility index (Phi) is 7.46. The first-order chi connectivity index (χ1) is 16.3. The molecule has 0 aromatic heterocycles. The summed E-state index contributed by atoms with van der Waals surface area (Å²) < 4.78 is 5.21. The van der Waals surface area contributed by atoms with E-state index in [1.54, 1.807) is 77.7 Å². The molecule has 1 fully saturated rings. The lowest BCUT2D eigenvalue weighted by molar-refractivity contribution is -0.139. The summed E-state index contributed by atoms with van der Waals surface area (Å²) in [6, 6.07) is 20.3. The van der Waals surface area contributed by atoms with Crippen LogP contribution in [0.15, 0.2) is 72.8 Å². The Hall–Kier alpha value is -3.00. The van der Waals surface area contributed by atoms with Crippen molar-refractivity contribution in [3.8, 4) is 5.75 Å². The molecule has 1 saturated heterocycles. The molecule has 4 rings (SSSR count). The highest BCUT2D eigenvalue weighted by molar-refractivity contribution is 8.01. The van der Waals surface area contributed by atoms with Gasteiger partial charge in [-0.05, 0) is 66.2 Å². The van der Waals surface area contributed by atoms with Crippen molar-refractivity contribution in [2.24, 2.45) is 0 Å². The molecule has 6 nitrogen and oxygen atoms in total. The third-order valence-corrected chi connectivity index (χ3v) is 7.05. The van der Waals surface area contributed by atoms with Crippen LogP contribution in [-0.4, -0.2) is 40.4 Å². The first-order valence-electron chi connectivity index (χ1n) is 10.3. The molecule has 1 N–H and O–H groups in total. The van der Waals surface area contributed by atoms with Crippen LogP contribution in [0, 0.1) is 0 Å². The van der Waals surface area contributed by atoms with E-state index in [0.29, 0.717) is 27.0 Å². The number of carboxylic acids is 1. The van der Waals surface area contributed by atoms with E-state index in [-0.39, 0.29) is 23.5 Å². The smallest absolute Gasteiger partial charge is 0.341 e. The number of carbonyl (C=O) groups is 3. The summed E-state index contributed by atoms with van der Waals surface area (Å²) in [6.07, 6.45) is 0. The van der Waals surface area contributed by atoms with Crippen LogP contribution in [0.5, 0.6) is 5.75 Å². The normalized spacial score (nSPS) is 17.2. The van der Waals surface area contributed by atoms with Gasteiger partial charge in [0.2, 0.25) is 5.91 Å². The molecule has 0 aliphatic carbocycles. The van der Waals surface area contributed by atoms with Crippen LogP contribution in [0.1, 0.15) is 22.0 Å². The summed E-state index contributed by atoms with van der Waals surface area (Å²) >= 11 is 13.2. The average molecular weight is 516 g/mol. The largest absolute Gasteiger partial charge is 0.482 e. The molecule has 1 aliphatic rings. The lowest BCUT2D eigenvalue weighted by Gasteiger charge is -2.47. The molecular weight excluding hydrogens is 497 g/mol. The lowest BCUT2D eigenvalue weighted by atomic mass is 9.92. The molecule has 1 heterocycles. The Morgan fingerprint density at radius 3 is 2.09 bits per heavy atom. The Morgan fingerprint density at radius 1 is 0.912 bits per heavy atom. The van der Waals surface area contributed by atoms with Gasteiger partial charge in [0.1, 0.15) is 11.0 Å². The average Bonchev–Trinajstić information content (AvgIpc) is 2.83. The number of aliphatic carboxylic acids is 1. The maximum Gasteiger partial charge on any atom is 0.341 e. The monoisotopic (exact) mass is 515 g/mol. The molecule has 0 saturated carbocycles. The number of thioether (sulfide) groups is 1. The summed E-state index contributed by atoms with van der Waals surface area (Å²) in [7, 11) is 0. The van der Waals surface area contributed by atoms with Crippen molar-refractivity contribution in [3.63, 3.8) is 0 Å². The van der Waals surface area contributed by atoms with Gasteiger partial charge in [0.25, 0.3) is 0 Å². The number of nitrogens with zero attached hydrogens (tertiary/aromatic N) is 1. The van der Waals surface area contributed by atoms with E-state index in [1.807, 2.05) is 0 Å². The Labute approximate surface area is 210 Å². The predicted octanol–water partition coefficient (Wildman–Crippen LogP) is 5.53. The molecule has 3 aromatic carbocycles. The summed E-state index contributed by atoms with van der Waals surface area (Å²) in [6.45, 7) is -0.441. The fourth-order valence-corrected chi connectivity index (χ4v) is 5.10. The SMILES string of the molecule is O=C(O)COc1ccc(C2C(SCC(=O)c3ccc(Cl)cc3)C(=O)N2c2ccc(Cl)cc2)cc1. The van der Waals surface area contributed by atoms with Gasteiger partial charge in [-0.15, -0.1) is 11.8 Å². The predicted molar refractivity (Wildman–Crippen MR) is 133 cm³/mol. The Bertz CT molecular complexity index is 1200. The number of ether oxygens (including phenoxy) is 1. The van der Waals surface area contributed by atoms with E-state index in [2.05, 4.69) is 0 Å². The van der Waals surface area contributed by atoms with Gasteiger partial charge in [0, 0.05) is 21.3 Å². The lowest BCUT2D eigenvalue weighted by Crippen LogP contribution is -2.57. The zero-order valence-corrected chi connectivity index (χ0v) is 20.0. The van der Waals surface area contributed by atoms with Crippen molar-refractivity contribution in [1.29, 1.82) is 0 Å². The number of Topliss-reactive ketones (excluding diaryl/α,β-unsaturated/α-hetero) is 1. The molecule has 174 valence electrons. The molecule has 0 spiro atoms. The Balaban J connectivity index is 1.54. The van der Waals surface area contributed by atoms with Crippen LogP contribution >= 0.6 is 35.0 Å². The van der Waals surface area contributed by atoms with Gasteiger partial charge in [0.05, 0.1) is 11.8 Å². The fraction of sp³-hybridized carbons (Fsp3) is 0.160. The number of carbonyl (C=O) groups excluding carboxylic acids is 2. The molecular formula is C25H19Cl2NO5S. The van der Waals surface area contributed by atoms with Crippen molar-refractivity contribution < 1.29 is 24.2 Å². The second kappa shape index (κ2) is 10.5. The molecule has 2 atom stereocenters. The molecule has 1 aliphatic heterocycles. The number of carboxylic acid groups (broad SMARTS) is 1. The number of ketones is 1. The number of hydrogen-bond acceptors (Lipinski definition) is 5. The van der Waals surface area contributed by atoms with E-state index in [1.165, 1.54) is 11.8 Å². The molecule has 0 radical (unpaired) electrons. The second-order valence-electron chi connectivity index (χ2n) is 7.54. The molecule has 0 bridgehead atoms. The fourth-order valence-electron chi connectivity index (χ4n) is 3.63. The number of rotatable bonds is 9. The van der Waals surface area contributed by atoms with E-state index in [0.717, 1.165) is 5.56 Å². The minimum Gasteiger partial charge on any atom is -0.482 e. The summed E-state index contributed by atoms with van der Waals surface area (Å²) in [5.74, 6) is -0.702. The quantitative estimate of drug-likeness (QED) is 0.298. The highest BCUT2D eigenvalue weighted by Crippen LogP contribution is 2.45. The van der Waals surface area contributed by atoms with Crippen LogP contribution in [-0.2, 0) is 9.59 Å². The maximum atomic E-state index is 13.1. The van der Waals surface area contributed by atoms with Gasteiger partial charge in [-0.3, -0.25) is 9.59 Å². The number of benzene rings is 3. The first-order valence-corrected chi connectivity index (χ1v) is 12.1. The minimum atomic E-state index is -1.07. The molecule has 9 heteroatoms. The number of β-lactam (4-membered cyclic amide) rings is 1. The minimum absolute atomic E-state index is 0.0874. The number of hydrogen-bond donors (Lipinski definition) is 1. The van der Waals surface area contributed by atoms with Crippen LogP contribution in [0.4, 0.5) is 5.69 Å². The number of halogens is 2. The van der Waals surface area contributed by atoms with Crippen molar-refractivity contribution >= 4 is 58.3 Å². The van der Waals surface area contributed by atoms with E-state index in [9.17, 15) is 14.4 Å². The number of amides is 1. The van der Waals surface area contributed by atoms with Crippen molar-refractivity contribution in [1.82, 2.24) is 0 Å².